The average molecular weight is 901 g/mol. The lowest BCUT2D eigenvalue weighted by molar-refractivity contribution is 0.415. The van der Waals surface area contributed by atoms with Gasteiger partial charge in [-0.2, -0.15) is 8.42 Å². The minimum atomic E-state index is -4.47. The largest absolute Gasteiger partial charge is 0.497 e. The van der Waals surface area contributed by atoms with Gasteiger partial charge in [-0.05, 0) is 122 Å². The van der Waals surface area contributed by atoms with Crippen molar-refractivity contribution in [3.05, 3.63) is 156 Å². The number of aryl methyl sites for hydroxylation is 3. The number of methoxy groups -OCH3 is 1. The first-order chi connectivity index (χ1) is 26.3. The maximum Gasteiger partial charge on any atom is 0.425 e. The summed E-state index contributed by atoms with van der Waals surface area (Å²) in [5, 5.41) is 0. The lowest BCUT2D eigenvalue weighted by atomic mass is 10.1. The van der Waals surface area contributed by atoms with E-state index in [1.54, 1.807) is 67.8 Å². The summed E-state index contributed by atoms with van der Waals surface area (Å²) in [5.41, 5.74) is 4.35. The summed E-state index contributed by atoms with van der Waals surface area (Å²) in [6.45, 7) is 5.23. The molecule has 6 rings (SSSR count). The normalized spacial score (nSPS) is 10.5. The van der Waals surface area contributed by atoms with Crippen molar-refractivity contribution in [2.75, 3.05) is 7.11 Å². The fraction of sp³-hybridized carbons (Fsp3) is 0.182. The highest BCUT2D eigenvalue weighted by Crippen LogP contribution is 2.29. The van der Waals surface area contributed by atoms with Crippen LogP contribution in [0.3, 0.4) is 0 Å². The van der Waals surface area contributed by atoms with Gasteiger partial charge >= 0.3 is 10.6 Å². The molecule has 0 saturated carbocycles. The Morgan fingerprint density at radius 1 is 0.450 bits per heavy atom. The van der Waals surface area contributed by atoms with E-state index in [2.05, 4.69) is 0 Å². The van der Waals surface area contributed by atoms with Crippen LogP contribution in [0, 0.1) is 20.8 Å². The van der Waals surface area contributed by atoms with Gasteiger partial charge in [0.25, 0.3) is 10.1 Å². The predicted octanol–water partition coefficient (Wildman–Crippen LogP) is 10.2. The Balaban J connectivity index is 0.00000106. The molecule has 16 heteroatoms. The molecule has 6 aromatic carbocycles. The molecule has 0 spiro atoms. The average Bonchev–Trinajstić information content (AvgIpc) is 3.15. The molecule has 0 radical (unpaired) electrons. The second-order valence-electron chi connectivity index (χ2n) is 12.1. The Morgan fingerprint density at radius 3 is 1.10 bits per heavy atom. The molecule has 60 heavy (non-hydrogen) atoms. The third-order valence-electron chi connectivity index (χ3n) is 8.06. The molecule has 324 valence electrons. The molecule has 0 heterocycles. The van der Waals surface area contributed by atoms with Gasteiger partial charge in [-0.15, -0.1) is 12.6 Å². The SMILES string of the molecule is C.C.C.C.COc1ccc(-c2ccc(Oc3ccc(S(=O)(=O)c4ccc(C)cc4)cc3)cc2)cc1.Cc1ccc(S(=O)(=O)c2ccc(C)c(S(=O)(=O)O)c2)cc1.O=S(=O)=O. The number of hydrogen-bond donors (Lipinski definition) is 1. The highest BCUT2D eigenvalue weighted by molar-refractivity contribution is 7.92. The summed E-state index contributed by atoms with van der Waals surface area (Å²) in [5.74, 6) is 2.06. The molecule has 1 N–H and O–H groups in total. The molecular weight excluding hydrogens is 849 g/mol. The van der Waals surface area contributed by atoms with Gasteiger partial charge in [0, 0.05) is 0 Å². The number of sulfone groups is 2. The van der Waals surface area contributed by atoms with E-state index < -0.39 is 45.3 Å². The standard InChI is InChI=1S/C26H22O4S.C14H14O5S2.4CH4.O3S/c1-19-3-15-25(16-4-19)31(27,28)26-17-13-24(14-18-26)30-23-11-7-21(8-12-23)20-5-9-22(29-2)10-6-20;1-10-3-6-12(7-4-10)20(15,16)13-8-5-11(2)14(9-13)21(17,18)19;;;;;1-4(2)3/h3-18H,1-2H3;3-9H,1-2H3,(H,17,18,19);4*1H4;. The summed E-state index contributed by atoms with van der Waals surface area (Å²) >= 11 is 0. The second-order valence-corrected chi connectivity index (χ2v) is 17.8. The maximum absolute atomic E-state index is 12.8. The van der Waals surface area contributed by atoms with Crippen LogP contribution in [0.1, 0.15) is 46.4 Å². The van der Waals surface area contributed by atoms with Gasteiger partial charge in [0.1, 0.15) is 17.2 Å². The van der Waals surface area contributed by atoms with Crippen LogP contribution >= 0.6 is 0 Å². The first-order valence-corrected chi connectivity index (χ1v) is 21.7. The van der Waals surface area contributed by atoms with Crippen molar-refractivity contribution in [1.82, 2.24) is 0 Å². The molecule has 0 saturated heterocycles. The van der Waals surface area contributed by atoms with Gasteiger partial charge in [-0.1, -0.05) is 95.4 Å². The van der Waals surface area contributed by atoms with E-state index in [4.69, 9.17) is 26.7 Å². The lowest BCUT2D eigenvalue weighted by Crippen LogP contribution is -2.06. The Labute approximate surface area is 357 Å². The van der Waals surface area contributed by atoms with Gasteiger partial charge in [0.2, 0.25) is 19.7 Å². The third-order valence-corrected chi connectivity index (χ3v) is 12.6. The van der Waals surface area contributed by atoms with Crippen molar-refractivity contribution in [3.63, 3.8) is 0 Å². The fourth-order valence-corrected chi connectivity index (χ4v) is 8.43. The zero-order chi connectivity index (χ0) is 41.3. The van der Waals surface area contributed by atoms with Gasteiger partial charge in [-0.25, -0.2) is 16.8 Å². The molecule has 0 unspecified atom stereocenters. The summed E-state index contributed by atoms with van der Waals surface area (Å²) in [7, 11) is -13.3. The van der Waals surface area contributed by atoms with Crippen LogP contribution in [-0.2, 0) is 40.4 Å². The van der Waals surface area contributed by atoms with E-state index >= 15 is 0 Å². The van der Waals surface area contributed by atoms with Crippen LogP contribution in [0.15, 0.2) is 164 Å². The van der Waals surface area contributed by atoms with E-state index in [0.29, 0.717) is 11.5 Å². The van der Waals surface area contributed by atoms with Gasteiger partial charge < -0.3 is 9.47 Å². The highest BCUT2D eigenvalue weighted by Gasteiger charge is 2.22. The smallest absolute Gasteiger partial charge is 0.425 e. The first kappa shape index (κ1) is 54.3. The molecule has 0 amide bonds. The molecule has 6 aromatic rings. The number of hydrogen-bond acceptors (Lipinski definition) is 11. The maximum atomic E-state index is 12.8. The summed E-state index contributed by atoms with van der Waals surface area (Å²) in [6, 6.07) is 38.7. The van der Waals surface area contributed by atoms with Gasteiger partial charge in [0.05, 0.1) is 31.6 Å². The highest BCUT2D eigenvalue weighted by atomic mass is 32.2. The van der Waals surface area contributed by atoms with E-state index in [1.165, 1.54) is 31.2 Å². The van der Waals surface area contributed by atoms with Crippen molar-refractivity contribution in [1.29, 1.82) is 0 Å². The van der Waals surface area contributed by atoms with Crippen molar-refractivity contribution in [3.8, 4) is 28.4 Å². The molecule has 0 aromatic heterocycles. The number of benzene rings is 6. The van der Waals surface area contributed by atoms with E-state index in [0.717, 1.165) is 34.1 Å². The minimum Gasteiger partial charge on any atom is -0.497 e. The Hall–Kier alpha value is -5.65. The molecule has 12 nitrogen and oxygen atoms in total. The van der Waals surface area contributed by atoms with Crippen LogP contribution in [-0.4, -0.2) is 49.5 Å². The van der Waals surface area contributed by atoms with Crippen LogP contribution in [0.4, 0.5) is 0 Å². The number of rotatable bonds is 9. The number of ether oxygens (including phenoxy) is 2. The van der Waals surface area contributed by atoms with E-state index in [-0.39, 0.29) is 54.9 Å². The quantitative estimate of drug-likeness (QED) is 0.135. The lowest BCUT2D eigenvalue weighted by Gasteiger charge is -2.09. The third kappa shape index (κ3) is 14.6. The van der Waals surface area contributed by atoms with Crippen molar-refractivity contribution >= 4 is 40.4 Å². The minimum absolute atomic E-state index is 0. The Kier molecular flexibility index (Phi) is 21.0. The van der Waals surface area contributed by atoms with Crippen LogP contribution in [0.2, 0.25) is 0 Å². The Morgan fingerprint density at radius 2 is 0.750 bits per heavy atom. The van der Waals surface area contributed by atoms with Crippen molar-refractivity contribution < 1.29 is 51.9 Å². The van der Waals surface area contributed by atoms with Gasteiger partial charge in [0.15, 0.2) is 0 Å². The van der Waals surface area contributed by atoms with Crippen molar-refractivity contribution in [2.45, 2.75) is 75.0 Å². The molecule has 0 fully saturated rings. The summed E-state index contributed by atoms with van der Waals surface area (Å²) in [6.07, 6.45) is 0. The first-order valence-electron chi connectivity index (χ1n) is 16.3. The topological polar surface area (TPSA) is 192 Å². The summed E-state index contributed by atoms with van der Waals surface area (Å²) < 4.78 is 119. The fourth-order valence-electron chi connectivity index (χ4n) is 5.05. The van der Waals surface area contributed by atoms with Gasteiger partial charge in [-0.3, -0.25) is 4.55 Å². The monoisotopic (exact) mass is 900 g/mol. The zero-order valence-electron chi connectivity index (χ0n) is 30.3. The predicted molar refractivity (Wildman–Crippen MR) is 236 cm³/mol. The zero-order valence-corrected chi connectivity index (χ0v) is 33.6. The molecule has 0 atom stereocenters. The van der Waals surface area contributed by atoms with Crippen molar-refractivity contribution in [2.24, 2.45) is 0 Å². The molecule has 0 aliphatic carbocycles. The molecule has 0 aliphatic heterocycles. The van der Waals surface area contributed by atoms with Crippen LogP contribution < -0.4 is 9.47 Å². The van der Waals surface area contributed by atoms with E-state index in [1.807, 2.05) is 62.4 Å². The van der Waals surface area contributed by atoms with E-state index in [9.17, 15) is 25.3 Å². The molecule has 0 aliphatic rings. The Bertz CT molecular complexity index is 2730. The molecular formula is C44H52O12S4. The summed E-state index contributed by atoms with van der Waals surface area (Å²) in [4.78, 5) is -0.00190. The molecule has 0 bridgehead atoms. The van der Waals surface area contributed by atoms with Crippen LogP contribution in [0.5, 0.6) is 17.2 Å². The second kappa shape index (κ2) is 23.2. The van der Waals surface area contributed by atoms with Crippen LogP contribution in [0.25, 0.3) is 11.1 Å².